The van der Waals surface area contributed by atoms with Gasteiger partial charge in [0, 0.05) is 0 Å². The van der Waals surface area contributed by atoms with Crippen LogP contribution in [0.1, 0.15) is 20.3 Å². The molecule has 1 heterocycles. The zero-order chi connectivity index (χ0) is 8.77. The van der Waals surface area contributed by atoms with E-state index in [2.05, 4.69) is 0 Å². The third kappa shape index (κ3) is 1.19. The molecule has 0 aromatic carbocycles. The number of ketones is 1. The minimum atomic E-state index is -0.600. The van der Waals surface area contributed by atoms with Gasteiger partial charge >= 0.3 is 0 Å². The summed E-state index contributed by atoms with van der Waals surface area (Å²) in [5.41, 5.74) is 0. The molecule has 2 aliphatic rings. The predicted molar refractivity (Wildman–Crippen MR) is 42.6 cm³/mol. The molecule has 0 aromatic heterocycles. The summed E-state index contributed by atoms with van der Waals surface area (Å²) in [7, 11) is 0. The molecule has 2 atom stereocenters. The maximum absolute atomic E-state index is 11.3. The molecule has 0 spiro atoms. The fourth-order valence-corrected chi connectivity index (χ4v) is 1.66. The van der Waals surface area contributed by atoms with E-state index in [1.165, 1.54) is 0 Å². The maximum atomic E-state index is 11.3. The SMILES string of the molecule is CC1(C)O[C@H]2CC=CC(=O)[C@H]2O1. The van der Waals surface area contributed by atoms with Gasteiger partial charge in [0.05, 0.1) is 6.10 Å². The van der Waals surface area contributed by atoms with Crippen molar-refractivity contribution in [3.05, 3.63) is 12.2 Å². The molecule has 0 unspecified atom stereocenters. The predicted octanol–water partition coefficient (Wildman–Crippen LogP) is 1.04. The van der Waals surface area contributed by atoms with Gasteiger partial charge in [-0.05, 0) is 26.3 Å². The van der Waals surface area contributed by atoms with Crippen molar-refractivity contribution in [1.82, 2.24) is 0 Å². The first-order valence-electron chi connectivity index (χ1n) is 4.14. The second kappa shape index (κ2) is 2.41. The summed E-state index contributed by atoms with van der Waals surface area (Å²) in [6.07, 6.45) is 3.75. The molecule has 0 bridgehead atoms. The molecular formula is C9H12O3. The van der Waals surface area contributed by atoms with E-state index in [4.69, 9.17) is 9.47 Å². The van der Waals surface area contributed by atoms with Crippen molar-refractivity contribution in [3.63, 3.8) is 0 Å². The van der Waals surface area contributed by atoms with E-state index in [1.54, 1.807) is 6.08 Å². The van der Waals surface area contributed by atoms with Crippen molar-refractivity contribution in [1.29, 1.82) is 0 Å². The molecular weight excluding hydrogens is 156 g/mol. The van der Waals surface area contributed by atoms with Crippen molar-refractivity contribution in [3.8, 4) is 0 Å². The number of fused-ring (bicyclic) bond motifs is 1. The minimum Gasteiger partial charge on any atom is -0.344 e. The van der Waals surface area contributed by atoms with Gasteiger partial charge < -0.3 is 9.47 Å². The second-order valence-electron chi connectivity index (χ2n) is 3.64. The van der Waals surface area contributed by atoms with Gasteiger partial charge in [-0.15, -0.1) is 0 Å². The van der Waals surface area contributed by atoms with Gasteiger partial charge in [0.1, 0.15) is 6.10 Å². The quantitative estimate of drug-likeness (QED) is 0.542. The molecule has 1 fully saturated rings. The van der Waals surface area contributed by atoms with Crippen LogP contribution >= 0.6 is 0 Å². The average Bonchev–Trinajstić information content (AvgIpc) is 2.25. The number of rotatable bonds is 0. The summed E-state index contributed by atoms with van der Waals surface area (Å²) >= 11 is 0. The van der Waals surface area contributed by atoms with Crippen LogP contribution in [0.3, 0.4) is 0 Å². The van der Waals surface area contributed by atoms with E-state index in [1.807, 2.05) is 19.9 Å². The van der Waals surface area contributed by atoms with Gasteiger partial charge in [0.2, 0.25) is 0 Å². The van der Waals surface area contributed by atoms with Crippen LogP contribution in [0.25, 0.3) is 0 Å². The Morgan fingerprint density at radius 3 is 2.92 bits per heavy atom. The largest absolute Gasteiger partial charge is 0.344 e. The van der Waals surface area contributed by atoms with Gasteiger partial charge in [-0.1, -0.05) is 6.08 Å². The topological polar surface area (TPSA) is 35.5 Å². The van der Waals surface area contributed by atoms with Crippen LogP contribution < -0.4 is 0 Å². The third-order valence-corrected chi connectivity index (χ3v) is 2.11. The Balaban J connectivity index is 2.20. The summed E-state index contributed by atoms with van der Waals surface area (Å²) in [6.45, 7) is 3.66. The highest BCUT2D eigenvalue weighted by Crippen LogP contribution is 2.32. The van der Waals surface area contributed by atoms with Crippen LogP contribution in [0.15, 0.2) is 12.2 Å². The maximum Gasteiger partial charge on any atom is 0.186 e. The Bertz CT molecular complexity index is 242. The van der Waals surface area contributed by atoms with Crippen LogP contribution in [0.2, 0.25) is 0 Å². The molecule has 1 aliphatic heterocycles. The Hall–Kier alpha value is -0.670. The standard InChI is InChI=1S/C9H12O3/c1-9(2)11-7-5-3-4-6(10)8(7)12-9/h3-4,7-8H,5H2,1-2H3/t7-,8+/m0/s1. The summed E-state index contributed by atoms with van der Waals surface area (Å²) in [6, 6.07) is 0. The molecule has 3 nitrogen and oxygen atoms in total. The normalized spacial score (nSPS) is 38.3. The molecule has 66 valence electrons. The molecule has 3 heteroatoms. The molecule has 0 saturated carbocycles. The van der Waals surface area contributed by atoms with Crippen molar-refractivity contribution in [2.75, 3.05) is 0 Å². The van der Waals surface area contributed by atoms with Crippen molar-refractivity contribution >= 4 is 5.78 Å². The molecule has 1 aliphatic carbocycles. The van der Waals surface area contributed by atoms with Gasteiger partial charge in [-0.3, -0.25) is 4.79 Å². The molecule has 0 radical (unpaired) electrons. The lowest BCUT2D eigenvalue weighted by molar-refractivity contribution is -0.152. The second-order valence-corrected chi connectivity index (χ2v) is 3.64. The Labute approximate surface area is 71.3 Å². The van der Waals surface area contributed by atoms with Gasteiger partial charge in [0.15, 0.2) is 11.6 Å². The molecule has 0 amide bonds. The number of carbonyl (C=O) groups is 1. The zero-order valence-electron chi connectivity index (χ0n) is 7.24. The van der Waals surface area contributed by atoms with Crippen LogP contribution in [0, 0.1) is 0 Å². The average molecular weight is 168 g/mol. The van der Waals surface area contributed by atoms with Crippen LogP contribution in [0.4, 0.5) is 0 Å². The highest BCUT2D eigenvalue weighted by molar-refractivity contribution is 5.95. The lowest BCUT2D eigenvalue weighted by Crippen LogP contribution is -2.32. The Morgan fingerprint density at radius 2 is 2.25 bits per heavy atom. The van der Waals surface area contributed by atoms with E-state index >= 15 is 0 Å². The van der Waals surface area contributed by atoms with E-state index in [0.29, 0.717) is 0 Å². The van der Waals surface area contributed by atoms with E-state index in [9.17, 15) is 4.79 Å². The first-order chi connectivity index (χ1) is 5.58. The van der Waals surface area contributed by atoms with Crippen molar-refractivity contribution < 1.29 is 14.3 Å². The summed E-state index contributed by atoms with van der Waals surface area (Å²) in [5.74, 6) is -0.575. The fraction of sp³-hybridized carbons (Fsp3) is 0.667. The summed E-state index contributed by atoms with van der Waals surface area (Å²) in [4.78, 5) is 11.3. The summed E-state index contributed by atoms with van der Waals surface area (Å²) < 4.78 is 11.0. The van der Waals surface area contributed by atoms with Gasteiger partial charge in [-0.25, -0.2) is 0 Å². The van der Waals surface area contributed by atoms with E-state index in [0.717, 1.165) is 6.42 Å². The Morgan fingerprint density at radius 1 is 1.50 bits per heavy atom. The van der Waals surface area contributed by atoms with Crippen LogP contribution in [0.5, 0.6) is 0 Å². The number of carbonyl (C=O) groups excluding carboxylic acids is 1. The highest BCUT2D eigenvalue weighted by atomic mass is 16.8. The Kier molecular flexibility index (Phi) is 1.59. The minimum absolute atomic E-state index is 0.0248. The number of hydrogen-bond donors (Lipinski definition) is 0. The lowest BCUT2D eigenvalue weighted by Gasteiger charge is -2.15. The van der Waals surface area contributed by atoms with Gasteiger partial charge in [-0.2, -0.15) is 0 Å². The number of ether oxygens (including phenoxy) is 2. The van der Waals surface area contributed by atoms with Crippen molar-refractivity contribution in [2.45, 2.75) is 38.3 Å². The van der Waals surface area contributed by atoms with Crippen molar-refractivity contribution in [2.24, 2.45) is 0 Å². The molecule has 12 heavy (non-hydrogen) atoms. The van der Waals surface area contributed by atoms with E-state index in [-0.39, 0.29) is 18.0 Å². The van der Waals surface area contributed by atoms with Crippen LogP contribution in [-0.4, -0.2) is 23.8 Å². The highest BCUT2D eigenvalue weighted by Gasteiger charge is 2.44. The van der Waals surface area contributed by atoms with E-state index < -0.39 is 5.79 Å². The first kappa shape index (κ1) is 7.95. The monoisotopic (exact) mass is 168 g/mol. The smallest absolute Gasteiger partial charge is 0.186 e. The van der Waals surface area contributed by atoms with Crippen LogP contribution in [-0.2, 0) is 14.3 Å². The molecule has 0 aromatic rings. The molecule has 1 saturated heterocycles. The molecule has 0 N–H and O–H groups in total. The fourth-order valence-electron chi connectivity index (χ4n) is 1.66. The summed E-state index contributed by atoms with van der Waals surface area (Å²) in [5, 5.41) is 0. The lowest BCUT2D eigenvalue weighted by atomic mass is 10.0. The number of hydrogen-bond acceptors (Lipinski definition) is 3. The van der Waals surface area contributed by atoms with Gasteiger partial charge in [0.25, 0.3) is 0 Å². The first-order valence-corrected chi connectivity index (χ1v) is 4.14. The molecule has 2 rings (SSSR count). The third-order valence-electron chi connectivity index (χ3n) is 2.11. The zero-order valence-corrected chi connectivity index (χ0v) is 7.24.